The Hall–Kier alpha value is -2.83. The molecule has 130 valence electrons. The van der Waals surface area contributed by atoms with Crippen molar-refractivity contribution in [2.24, 2.45) is 0 Å². The predicted molar refractivity (Wildman–Crippen MR) is 84.5 cm³/mol. The van der Waals surface area contributed by atoms with Gasteiger partial charge in [0.1, 0.15) is 6.04 Å². The standard InChI is InChI=1S/C18H15F3N2O2/c19-18(20,21)14-8-6-13(7-9-14)11-23-16(24)15(22-17(23)25)10-12-4-2-1-3-5-12/h1-9,15H,10-11H2,(H,22,25). The lowest BCUT2D eigenvalue weighted by molar-refractivity contribution is -0.137. The van der Waals surface area contributed by atoms with Crippen molar-refractivity contribution in [3.05, 3.63) is 71.3 Å². The van der Waals surface area contributed by atoms with E-state index < -0.39 is 23.8 Å². The first kappa shape index (κ1) is 17.0. The molecule has 0 radical (unpaired) electrons. The van der Waals surface area contributed by atoms with E-state index in [1.165, 1.54) is 12.1 Å². The molecule has 0 aliphatic carbocycles. The van der Waals surface area contributed by atoms with Gasteiger partial charge in [0.25, 0.3) is 5.91 Å². The minimum atomic E-state index is -4.42. The third kappa shape index (κ3) is 3.81. The van der Waals surface area contributed by atoms with Crippen LogP contribution in [0.3, 0.4) is 0 Å². The Morgan fingerprint density at radius 3 is 2.16 bits per heavy atom. The maximum Gasteiger partial charge on any atom is 0.416 e. The van der Waals surface area contributed by atoms with E-state index in [-0.39, 0.29) is 12.5 Å². The average molecular weight is 348 g/mol. The van der Waals surface area contributed by atoms with Gasteiger partial charge in [-0.3, -0.25) is 9.69 Å². The third-order valence-corrected chi connectivity index (χ3v) is 4.01. The molecule has 1 heterocycles. The highest BCUT2D eigenvalue weighted by atomic mass is 19.4. The van der Waals surface area contributed by atoms with Gasteiger partial charge in [0.15, 0.2) is 0 Å². The summed E-state index contributed by atoms with van der Waals surface area (Å²) in [4.78, 5) is 25.5. The molecule has 3 rings (SSSR count). The number of alkyl halides is 3. The molecule has 1 aliphatic heterocycles. The van der Waals surface area contributed by atoms with Crippen LogP contribution in [0, 0.1) is 0 Å². The van der Waals surface area contributed by atoms with Gasteiger partial charge in [-0.15, -0.1) is 0 Å². The largest absolute Gasteiger partial charge is 0.416 e. The molecule has 1 aliphatic rings. The second-order valence-electron chi connectivity index (χ2n) is 5.81. The molecule has 2 aromatic carbocycles. The van der Waals surface area contributed by atoms with E-state index in [4.69, 9.17) is 0 Å². The van der Waals surface area contributed by atoms with E-state index in [0.29, 0.717) is 12.0 Å². The van der Waals surface area contributed by atoms with Crippen molar-refractivity contribution >= 4 is 11.9 Å². The number of rotatable bonds is 4. The van der Waals surface area contributed by atoms with Gasteiger partial charge in [0.2, 0.25) is 0 Å². The fraction of sp³-hybridized carbons (Fsp3) is 0.222. The zero-order chi connectivity index (χ0) is 18.0. The number of nitrogens with one attached hydrogen (secondary N) is 1. The van der Waals surface area contributed by atoms with Crippen LogP contribution in [0.4, 0.5) is 18.0 Å². The molecule has 1 N–H and O–H groups in total. The number of nitrogens with zero attached hydrogens (tertiary/aromatic N) is 1. The minimum absolute atomic E-state index is 0.0614. The highest BCUT2D eigenvalue weighted by Crippen LogP contribution is 2.29. The average Bonchev–Trinajstić information content (AvgIpc) is 2.83. The van der Waals surface area contributed by atoms with Crippen molar-refractivity contribution in [1.82, 2.24) is 10.2 Å². The summed E-state index contributed by atoms with van der Waals surface area (Å²) >= 11 is 0. The lowest BCUT2D eigenvalue weighted by atomic mass is 10.1. The van der Waals surface area contributed by atoms with Crippen LogP contribution in [0.25, 0.3) is 0 Å². The molecule has 2 aromatic rings. The Kier molecular flexibility index (Phi) is 4.48. The van der Waals surface area contributed by atoms with Crippen molar-refractivity contribution in [3.8, 4) is 0 Å². The number of hydrogen-bond acceptors (Lipinski definition) is 2. The van der Waals surface area contributed by atoms with Crippen LogP contribution in [0.1, 0.15) is 16.7 Å². The Morgan fingerprint density at radius 1 is 0.920 bits per heavy atom. The third-order valence-electron chi connectivity index (χ3n) is 4.01. The second kappa shape index (κ2) is 6.58. The van der Waals surface area contributed by atoms with Gasteiger partial charge in [-0.25, -0.2) is 4.79 Å². The van der Waals surface area contributed by atoms with Gasteiger partial charge in [-0.2, -0.15) is 13.2 Å². The van der Waals surface area contributed by atoms with Crippen LogP contribution in [0.2, 0.25) is 0 Å². The zero-order valence-electron chi connectivity index (χ0n) is 13.1. The molecule has 0 saturated carbocycles. The monoisotopic (exact) mass is 348 g/mol. The lowest BCUT2D eigenvalue weighted by Gasteiger charge is -2.14. The highest BCUT2D eigenvalue weighted by Gasteiger charge is 2.38. The van der Waals surface area contributed by atoms with Gasteiger partial charge >= 0.3 is 12.2 Å². The second-order valence-corrected chi connectivity index (χ2v) is 5.81. The molecule has 7 heteroatoms. The number of carbonyl (C=O) groups excluding carboxylic acids is 2. The zero-order valence-corrected chi connectivity index (χ0v) is 13.1. The summed E-state index contributed by atoms with van der Waals surface area (Å²) in [5.41, 5.74) is 0.602. The topological polar surface area (TPSA) is 49.4 Å². The van der Waals surface area contributed by atoms with Gasteiger partial charge in [0, 0.05) is 6.42 Å². The molecule has 1 atom stereocenters. The van der Waals surface area contributed by atoms with Crippen molar-refractivity contribution < 1.29 is 22.8 Å². The van der Waals surface area contributed by atoms with E-state index in [1.54, 1.807) is 0 Å². The van der Waals surface area contributed by atoms with E-state index in [1.807, 2.05) is 30.3 Å². The van der Waals surface area contributed by atoms with Gasteiger partial charge in [-0.1, -0.05) is 42.5 Å². The Labute approximate surface area is 142 Å². The number of urea groups is 1. The summed E-state index contributed by atoms with van der Waals surface area (Å²) in [6, 6.07) is 12.5. The van der Waals surface area contributed by atoms with Crippen molar-refractivity contribution in [1.29, 1.82) is 0 Å². The van der Waals surface area contributed by atoms with Crippen molar-refractivity contribution in [2.75, 3.05) is 0 Å². The summed E-state index contributed by atoms with van der Waals surface area (Å²) < 4.78 is 37.7. The van der Waals surface area contributed by atoms with Crippen molar-refractivity contribution in [3.63, 3.8) is 0 Å². The molecule has 1 fully saturated rings. The first-order chi connectivity index (χ1) is 11.8. The Morgan fingerprint density at radius 2 is 1.56 bits per heavy atom. The summed E-state index contributed by atoms with van der Waals surface area (Å²) in [6.45, 7) is -0.0614. The van der Waals surface area contributed by atoms with Crippen LogP contribution in [-0.2, 0) is 23.9 Å². The maximum absolute atomic E-state index is 12.6. The predicted octanol–water partition coefficient (Wildman–Crippen LogP) is 3.37. The van der Waals surface area contributed by atoms with Gasteiger partial charge < -0.3 is 5.32 Å². The van der Waals surface area contributed by atoms with Crippen LogP contribution >= 0.6 is 0 Å². The molecule has 25 heavy (non-hydrogen) atoms. The first-order valence-electron chi connectivity index (χ1n) is 7.66. The number of hydrogen-bond donors (Lipinski definition) is 1. The molecule has 4 nitrogen and oxygen atoms in total. The van der Waals surface area contributed by atoms with Crippen LogP contribution < -0.4 is 5.32 Å². The molecule has 0 aromatic heterocycles. The van der Waals surface area contributed by atoms with Gasteiger partial charge in [-0.05, 0) is 23.3 Å². The van der Waals surface area contributed by atoms with Crippen LogP contribution in [0.15, 0.2) is 54.6 Å². The number of amides is 3. The lowest BCUT2D eigenvalue weighted by Crippen LogP contribution is -2.32. The minimum Gasteiger partial charge on any atom is -0.325 e. The molecule has 1 unspecified atom stereocenters. The maximum atomic E-state index is 12.6. The quantitative estimate of drug-likeness (QED) is 0.862. The molecule has 1 saturated heterocycles. The molecular weight excluding hydrogens is 333 g/mol. The normalized spacial score (nSPS) is 17.7. The van der Waals surface area contributed by atoms with Crippen molar-refractivity contribution in [2.45, 2.75) is 25.2 Å². The van der Waals surface area contributed by atoms with E-state index in [9.17, 15) is 22.8 Å². The van der Waals surface area contributed by atoms with E-state index in [2.05, 4.69) is 5.32 Å². The fourth-order valence-electron chi connectivity index (χ4n) is 2.70. The molecular formula is C18H15F3N2O2. The molecule has 3 amide bonds. The summed E-state index contributed by atoms with van der Waals surface area (Å²) in [5, 5.41) is 2.62. The highest BCUT2D eigenvalue weighted by molar-refractivity contribution is 6.04. The molecule has 0 spiro atoms. The Balaban J connectivity index is 1.68. The fourth-order valence-corrected chi connectivity index (χ4v) is 2.70. The summed E-state index contributed by atoms with van der Waals surface area (Å²) in [7, 11) is 0. The first-order valence-corrected chi connectivity index (χ1v) is 7.66. The summed E-state index contributed by atoms with van der Waals surface area (Å²) in [5.74, 6) is -0.381. The number of halogens is 3. The number of carbonyl (C=O) groups is 2. The number of benzene rings is 2. The summed E-state index contributed by atoms with van der Waals surface area (Å²) in [6.07, 6.45) is -4.05. The Bertz CT molecular complexity index is 773. The SMILES string of the molecule is O=C1NC(Cc2ccccc2)C(=O)N1Cc1ccc(C(F)(F)F)cc1. The molecule has 0 bridgehead atoms. The number of imide groups is 1. The van der Waals surface area contributed by atoms with Crippen LogP contribution in [-0.4, -0.2) is 22.9 Å². The van der Waals surface area contributed by atoms with Gasteiger partial charge in [0.05, 0.1) is 12.1 Å². The van der Waals surface area contributed by atoms with Crippen LogP contribution in [0.5, 0.6) is 0 Å². The smallest absolute Gasteiger partial charge is 0.325 e. The van der Waals surface area contributed by atoms with E-state index >= 15 is 0 Å². The van der Waals surface area contributed by atoms with E-state index in [0.717, 1.165) is 22.6 Å².